The van der Waals surface area contributed by atoms with Gasteiger partial charge < -0.3 is 9.72 Å². The first-order valence-corrected chi connectivity index (χ1v) is 12.2. The van der Waals surface area contributed by atoms with E-state index in [0.29, 0.717) is 24.4 Å². The molecule has 170 valence electrons. The van der Waals surface area contributed by atoms with Crippen LogP contribution in [0.2, 0.25) is 0 Å². The zero-order valence-electron chi connectivity index (χ0n) is 17.9. The summed E-state index contributed by atoms with van der Waals surface area (Å²) >= 11 is 0. The van der Waals surface area contributed by atoms with Gasteiger partial charge in [0.25, 0.3) is 0 Å². The molecule has 0 atom stereocenters. The van der Waals surface area contributed by atoms with E-state index < -0.39 is 15.9 Å². The zero-order chi connectivity index (χ0) is 22.9. The second-order valence-electron chi connectivity index (χ2n) is 8.04. The molecule has 0 unspecified atom stereocenters. The number of hydrogen-bond donors (Lipinski definition) is 2. The van der Waals surface area contributed by atoms with Gasteiger partial charge in [-0.25, -0.2) is 17.8 Å². The Kier molecular flexibility index (Phi) is 6.16. The molecule has 1 aliphatic rings. The molecule has 0 bridgehead atoms. The van der Waals surface area contributed by atoms with Crippen molar-refractivity contribution in [2.24, 2.45) is 0 Å². The highest BCUT2D eigenvalue weighted by Gasteiger charge is 2.25. The van der Waals surface area contributed by atoms with Gasteiger partial charge >= 0.3 is 0 Å². The highest BCUT2D eigenvalue weighted by Crippen LogP contribution is 2.37. The second kappa shape index (κ2) is 8.87. The summed E-state index contributed by atoms with van der Waals surface area (Å²) in [5.41, 5.74) is 3.26. The number of sulfonamides is 1. The highest BCUT2D eigenvalue weighted by atomic mass is 32.2. The molecular formula is C22H25FN4O4S. The molecule has 1 amide bonds. The fourth-order valence-corrected chi connectivity index (χ4v) is 4.72. The second-order valence-corrected chi connectivity index (χ2v) is 9.79. The van der Waals surface area contributed by atoms with Gasteiger partial charge in [0.05, 0.1) is 19.9 Å². The van der Waals surface area contributed by atoms with Crippen LogP contribution in [0, 0.1) is 5.82 Å². The van der Waals surface area contributed by atoms with Crippen LogP contribution in [0.25, 0.3) is 22.2 Å². The number of aromatic nitrogens is 2. The Morgan fingerprint density at radius 3 is 2.69 bits per heavy atom. The maximum atomic E-state index is 13.9. The van der Waals surface area contributed by atoms with Gasteiger partial charge in [-0.15, -0.1) is 0 Å². The van der Waals surface area contributed by atoms with Crippen LogP contribution in [0.3, 0.4) is 0 Å². The molecule has 0 saturated carbocycles. The molecule has 3 aromatic rings. The van der Waals surface area contributed by atoms with Gasteiger partial charge in [0.15, 0.2) is 0 Å². The minimum absolute atomic E-state index is 0.0531. The first-order valence-electron chi connectivity index (χ1n) is 10.3. The number of methoxy groups -OCH3 is 1. The van der Waals surface area contributed by atoms with Gasteiger partial charge in [-0.05, 0) is 61.8 Å². The number of ether oxygens (including phenoxy) is 1. The zero-order valence-corrected chi connectivity index (χ0v) is 18.7. The topological polar surface area (TPSA) is 104 Å². The van der Waals surface area contributed by atoms with Crippen molar-refractivity contribution >= 4 is 27.0 Å². The lowest BCUT2D eigenvalue weighted by molar-refractivity contribution is -0.120. The molecule has 0 spiro atoms. The minimum Gasteiger partial charge on any atom is -0.496 e. The molecule has 1 saturated heterocycles. The minimum atomic E-state index is -3.55. The van der Waals surface area contributed by atoms with Crippen LogP contribution >= 0.6 is 0 Å². The predicted molar refractivity (Wildman–Crippen MR) is 119 cm³/mol. The Labute approximate surface area is 185 Å². The van der Waals surface area contributed by atoms with Gasteiger partial charge in [-0.2, -0.15) is 0 Å². The summed E-state index contributed by atoms with van der Waals surface area (Å²) < 4.78 is 43.8. The Balaban J connectivity index is 1.52. The summed E-state index contributed by atoms with van der Waals surface area (Å²) in [6, 6.07) is 8.34. The summed E-state index contributed by atoms with van der Waals surface area (Å²) in [6.07, 6.45) is 4.29. The lowest BCUT2D eigenvalue weighted by Crippen LogP contribution is -2.42. The van der Waals surface area contributed by atoms with Crippen LogP contribution in [0.4, 0.5) is 4.39 Å². The molecule has 2 aromatic heterocycles. The van der Waals surface area contributed by atoms with Crippen molar-refractivity contribution in [2.75, 3.05) is 33.0 Å². The van der Waals surface area contributed by atoms with Crippen molar-refractivity contribution in [3.63, 3.8) is 0 Å². The number of benzene rings is 1. The normalized spacial score (nSPS) is 15.7. The number of fused-ring (bicyclic) bond motifs is 1. The molecule has 1 aromatic carbocycles. The first-order chi connectivity index (χ1) is 15.2. The summed E-state index contributed by atoms with van der Waals surface area (Å²) in [6.45, 7) is 1.40. The molecular weight excluding hydrogens is 435 g/mol. The summed E-state index contributed by atoms with van der Waals surface area (Å²) in [7, 11) is -1.99. The number of nitrogens with zero attached hydrogens (tertiary/aromatic N) is 2. The third-order valence-electron chi connectivity index (χ3n) is 5.70. The van der Waals surface area contributed by atoms with E-state index >= 15 is 0 Å². The molecule has 1 aliphatic heterocycles. The van der Waals surface area contributed by atoms with E-state index in [2.05, 4.69) is 16.0 Å². The first kappa shape index (κ1) is 22.2. The van der Waals surface area contributed by atoms with Crippen molar-refractivity contribution in [2.45, 2.75) is 18.8 Å². The Morgan fingerprint density at radius 1 is 1.25 bits per heavy atom. The van der Waals surface area contributed by atoms with Crippen molar-refractivity contribution in [1.82, 2.24) is 19.6 Å². The van der Waals surface area contributed by atoms with Gasteiger partial charge in [0.2, 0.25) is 15.9 Å². The molecule has 4 rings (SSSR count). The number of carbonyl (C=O) groups is 1. The number of carbonyl (C=O) groups excluding carboxylic acids is 1. The standard InChI is InChI=1S/C22H25FN4O4S/c1-31-20-4-3-15(23)11-17(20)16-5-8-24-22-18(16)12-19(25-22)14-6-9-27(10-7-14)13-21(28)26-32(2,29)30/h3-5,8,11-12,14H,6-7,9-10,13H2,1-2H3,(H,24,25)(H,26,28). The maximum Gasteiger partial charge on any atom is 0.247 e. The average Bonchev–Trinajstić information content (AvgIpc) is 3.17. The molecule has 0 aliphatic carbocycles. The largest absolute Gasteiger partial charge is 0.496 e. The van der Waals surface area contributed by atoms with Gasteiger partial charge in [-0.3, -0.25) is 14.4 Å². The molecule has 32 heavy (non-hydrogen) atoms. The average molecular weight is 461 g/mol. The van der Waals surface area contributed by atoms with E-state index in [1.54, 1.807) is 19.4 Å². The molecule has 8 nitrogen and oxygen atoms in total. The number of likely N-dealkylation sites (tertiary alicyclic amines) is 1. The number of rotatable bonds is 6. The highest BCUT2D eigenvalue weighted by molar-refractivity contribution is 7.89. The molecule has 2 N–H and O–H groups in total. The predicted octanol–water partition coefficient (Wildman–Crippen LogP) is 2.63. The van der Waals surface area contributed by atoms with E-state index in [-0.39, 0.29) is 18.3 Å². The van der Waals surface area contributed by atoms with Crippen molar-refractivity contribution in [3.8, 4) is 16.9 Å². The quantitative estimate of drug-likeness (QED) is 0.586. The number of nitrogens with one attached hydrogen (secondary N) is 2. The molecule has 3 heterocycles. The van der Waals surface area contributed by atoms with Crippen LogP contribution in [0.1, 0.15) is 24.5 Å². The SMILES string of the molecule is COc1ccc(F)cc1-c1ccnc2[nH]c(C3CCN(CC(=O)NS(C)(=O)=O)CC3)cc12. The fourth-order valence-electron chi connectivity index (χ4n) is 4.24. The Hall–Kier alpha value is -2.98. The lowest BCUT2D eigenvalue weighted by atomic mass is 9.93. The van der Waals surface area contributed by atoms with E-state index in [9.17, 15) is 17.6 Å². The van der Waals surface area contributed by atoms with Crippen LogP contribution in [0.5, 0.6) is 5.75 Å². The van der Waals surface area contributed by atoms with E-state index in [4.69, 9.17) is 4.74 Å². The third kappa shape index (κ3) is 4.91. The number of aromatic amines is 1. The monoisotopic (exact) mass is 460 g/mol. The molecule has 10 heteroatoms. The maximum absolute atomic E-state index is 13.9. The van der Waals surface area contributed by atoms with E-state index in [0.717, 1.165) is 41.4 Å². The van der Waals surface area contributed by atoms with Crippen molar-refractivity contribution in [3.05, 3.63) is 48.0 Å². The van der Waals surface area contributed by atoms with Gasteiger partial charge in [0, 0.05) is 28.8 Å². The summed E-state index contributed by atoms with van der Waals surface area (Å²) in [5.74, 6) is -0.0220. The summed E-state index contributed by atoms with van der Waals surface area (Å²) in [5, 5.41) is 0.890. The number of amides is 1. The molecule has 1 fully saturated rings. The fraction of sp³-hybridized carbons (Fsp3) is 0.364. The Morgan fingerprint density at radius 2 is 2.00 bits per heavy atom. The number of halogens is 1. The van der Waals surface area contributed by atoms with Crippen LogP contribution in [-0.2, 0) is 14.8 Å². The smallest absolute Gasteiger partial charge is 0.247 e. The van der Waals surface area contributed by atoms with Crippen LogP contribution in [0.15, 0.2) is 36.5 Å². The number of H-pyrrole nitrogens is 1. The van der Waals surface area contributed by atoms with Gasteiger partial charge in [0.1, 0.15) is 17.2 Å². The van der Waals surface area contributed by atoms with Crippen LogP contribution in [-0.4, -0.2) is 62.2 Å². The third-order valence-corrected chi connectivity index (χ3v) is 6.30. The number of piperidine rings is 1. The van der Waals surface area contributed by atoms with E-state index in [1.165, 1.54) is 12.1 Å². The lowest BCUT2D eigenvalue weighted by Gasteiger charge is -2.30. The van der Waals surface area contributed by atoms with Crippen molar-refractivity contribution < 1.29 is 22.3 Å². The number of hydrogen-bond acceptors (Lipinski definition) is 6. The van der Waals surface area contributed by atoms with Crippen molar-refractivity contribution in [1.29, 1.82) is 0 Å². The molecule has 0 radical (unpaired) electrons. The summed E-state index contributed by atoms with van der Waals surface area (Å²) in [4.78, 5) is 21.6. The van der Waals surface area contributed by atoms with Crippen LogP contribution < -0.4 is 9.46 Å². The Bertz CT molecular complexity index is 1250. The van der Waals surface area contributed by atoms with E-state index in [1.807, 2.05) is 15.7 Å². The number of pyridine rings is 1. The van der Waals surface area contributed by atoms with Gasteiger partial charge in [-0.1, -0.05) is 0 Å².